The Morgan fingerprint density at radius 3 is 2.20 bits per heavy atom. The minimum atomic E-state index is -3.57. The summed E-state index contributed by atoms with van der Waals surface area (Å²) in [6.07, 6.45) is 0.965. The van der Waals surface area contributed by atoms with Gasteiger partial charge in [0.25, 0.3) is 5.91 Å². The number of hydrogen-bond acceptors (Lipinski definition) is 6. The maximum atomic E-state index is 11.8. The summed E-state index contributed by atoms with van der Waals surface area (Å²) in [4.78, 5) is 23.6. The number of amides is 1. The monoisotopic (exact) mass is 364 g/mol. The predicted molar refractivity (Wildman–Crippen MR) is 90.7 cm³/mol. The fourth-order valence-corrected chi connectivity index (χ4v) is 2.65. The normalized spacial score (nSPS) is 11.0. The van der Waals surface area contributed by atoms with Crippen molar-refractivity contribution in [2.75, 3.05) is 20.4 Å². The van der Waals surface area contributed by atoms with Gasteiger partial charge >= 0.3 is 5.69 Å². The highest BCUT2D eigenvalue weighted by Gasteiger charge is 2.20. The molecule has 0 fully saturated rings. The van der Waals surface area contributed by atoms with E-state index in [9.17, 15) is 23.3 Å². The van der Waals surface area contributed by atoms with Gasteiger partial charge in [0.2, 0.25) is 5.75 Å². The quantitative estimate of drug-likeness (QED) is 0.596. The smallest absolute Gasteiger partial charge is 0.312 e. The van der Waals surface area contributed by atoms with Crippen LogP contribution in [0, 0.1) is 10.1 Å². The van der Waals surface area contributed by atoms with Crippen molar-refractivity contribution in [2.45, 2.75) is 4.90 Å². The molecule has 0 saturated heterocycles. The fourth-order valence-electron chi connectivity index (χ4n) is 2.01. The summed E-state index contributed by atoms with van der Waals surface area (Å²) in [7, 11) is -0.325. The van der Waals surface area contributed by atoms with Crippen LogP contribution in [0.5, 0.6) is 11.5 Å². The summed E-state index contributed by atoms with van der Waals surface area (Å²) in [6.45, 7) is 0. The number of benzene rings is 2. The van der Waals surface area contributed by atoms with Crippen LogP contribution in [-0.2, 0) is 9.84 Å². The number of nitro groups is 1. The van der Waals surface area contributed by atoms with E-state index in [1.165, 1.54) is 41.3 Å². The molecule has 25 heavy (non-hydrogen) atoms. The second-order valence-corrected chi connectivity index (χ2v) is 7.50. The molecule has 0 N–H and O–H groups in total. The molecule has 0 atom stereocenters. The Balaban J connectivity index is 2.34. The van der Waals surface area contributed by atoms with E-state index in [0.29, 0.717) is 5.56 Å². The average molecular weight is 364 g/mol. The SMILES string of the molecule is CN(C)C(=O)c1ccc(Oc2ccc(S(C)(=O)=O)cc2[N+](=O)[O-])cc1. The zero-order chi connectivity index (χ0) is 18.8. The number of nitrogens with zero attached hydrogens (tertiary/aromatic N) is 2. The number of carbonyl (C=O) groups is 1. The van der Waals surface area contributed by atoms with Gasteiger partial charge in [-0.05, 0) is 36.4 Å². The van der Waals surface area contributed by atoms with Crippen molar-refractivity contribution in [3.05, 3.63) is 58.1 Å². The summed E-state index contributed by atoms with van der Waals surface area (Å²) in [5.74, 6) is 0.00429. The van der Waals surface area contributed by atoms with Gasteiger partial charge in [-0.15, -0.1) is 0 Å². The molecule has 0 saturated carbocycles. The third-order valence-corrected chi connectivity index (χ3v) is 4.40. The van der Waals surface area contributed by atoms with E-state index in [1.54, 1.807) is 14.1 Å². The number of nitro benzene ring substituents is 1. The van der Waals surface area contributed by atoms with Gasteiger partial charge in [-0.1, -0.05) is 0 Å². The van der Waals surface area contributed by atoms with Gasteiger partial charge in [-0.25, -0.2) is 8.42 Å². The van der Waals surface area contributed by atoms with Crippen molar-refractivity contribution in [2.24, 2.45) is 0 Å². The van der Waals surface area contributed by atoms with Crippen molar-refractivity contribution in [1.29, 1.82) is 0 Å². The molecule has 0 aromatic heterocycles. The third kappa shape index (κ3) is 4.32. The molecule has 0 radical (unpaired) electrons. The minimum absolute atomic E-state index is 0.0934. The highest BCUT2D eigenvalue weighted by atomic mass is 32.2. The summed E-state index contributed by atoms with van der Waals surface area (Å²) >= 11 is 0. The molecule has 2 rings (SSSR count). The predicted octanol–water partition coefficient (Wildman–Crippen LogP) is 2.49. The molecule has 9 heteroatoms. The first kappa shape index (κ1) is 18.4. The van der Waals surface area contributed by atoms with Crippen LogP contribution in [0.25, 0.3) is 0 Å². The van der Waals surface area contributed by atoms with E-state index >= 15 is 0 Å². The van der Waals surface area contributed by atoms with Crippen molar-refractivity contribution in [3.8, 4) is 11.5 Å². The van der Waals surface area contributed by atoms with E-state index in [2.05, 4.69) is 0 Å². The van der Waals surface area contributed by atoms with Crippen molar-refractivity contribution >= 4 is 21.4 Å². The van der Waals surface area contributed by atoms with E-state index in [1.807, 2.05) is 0 Å². The second kappa shape index (κ2) is 6.89. The molecule has 0 spiro atoms. The molecule has 2 aromatic rings. The Kier molecular flexibility index (Phi) is 5.07. The topological polar surface area (TPSA) is 107 Å². The van der Waals surface area contributed by atoms with Crippen LogP contribution in [0.15, 0.2) is 47.4 Å². The molecular weight excluding hydrogens is 348 g/mol. The molecule has 8 nitrogen and oxygen atoms in total. The van der Waals surface area contributed by atoms with Gasteiger partial charge < -0.3 is 9.64 Å². The minimum Gasteiger partial charge on any atom is -0.450 e. The lowest BCUT2D eigenvalue weighted by molar-refractivity contribution is -0.385. The van der Waals surface area contributed by atoms with E-state index in [4.69, 9.17) is 4.74 Å². The summed E-state index contributed by atoms with van der Waals surface area (Å²) in [6, 6.07) is 9.50. The molecule has 0 bridgehead atoms. The lowest BCUT2D eigenvalue weighted by Gasteiger charge is -2.11. The maximum absolute atomic E-state index is 11.8. The molecule has 0 aliphatic heterocycles. The standard InChI is InChI=1S/C16H16N2O6S/c1-17(2)16(19)11-4-6-12(7-5-11)24-15-9-8-13(25(3,22)23)10-14(15)18(20)21/h4-10H,1-3H3. The first-order chi connectivity index (χ1) is 11.6. The summed E-state index contributed by atoms with van der Waals surface area (Å²) in [5, 5.41) is 11.2. The van der Waals surface area contributed by atoms with Crippen LogP contribution in [0.4, 0.5) is 5.69 Å². The Bertz CT molecular complexity index is 920. The Morgan fingerprint density at radius 1 is 1.12 bits per heavy atom. The number of sulfone groups is 1. The van der Waals surface area contributed by atoms with Gasteiger partial charge in [0, 0.05) is 32.0 Å². The van der Waals surface area contributed by atoms with Gasteiger partial charge in [-0.2, -0.15) is 0 Å². The van der Waals surface area contributed by atoms with Gasteiger partial charge in [0.05, 0.1) is 9.82 Å². The van der Waals surface area contributed by atoms with E-state index < -0.39 is 20.4 Å². The largest absolute Gasteiger partial charge is 0.450 e. The first-order valence-electron chi connectivity index (χ1n) is 7.07. The van der Waals surface area contributed by atoms with Gasteiger partial charge in [0.15, 0.2) is 9.84 Å². The Hall–Kier alpha value is -2.94. The van der Waals surface area contributed by atoms with Crippen LogP contribution < -0.4 is 4.74 Å². The molecule has 0 heterocycles. The van der Waals surface area contributed by atoms with E-state index in [0.717, 1.165) is 12.3 Å². The molecule has 0 unspecified atom stereocenters. The lowest BCUT2D eigenvalue weighted by Crippen LogP contribution is -2.21. The van der Waals surface area contributed by atoms with Gasteiger partial charge in [0.1, 0.15) is 5.75 Å². The Labute approximate surface area is 144 Å². The Morgan fingerprint density at radius 2 is 1.72 bits per heavy atom. The highest BCUT2D eigenvalue weighted by Crippen LogP contribution is 2.33. The zero-order valence-electron chi connectivity index (χ0n) is 13.8. The van der Waals surface area contributed by atoms with Crippen LogP contribution in [0.3, 0.4) is 0 Å². The average Bonchev–Trinajstić information content (AvgIpc) is 2.54. The van der Waals surface area contributed by atoms with Crippen molar-refractivity contribution in [3.63, 3.8) is 0 Å². The summed E-state index contributed by atoms with van der Waals surface area (Å²) < 4.78 is 28.5. The van der Waals surface area contributed by atoms with Crippen LogP contribution in [0.2, 0.25) is 0 Å². The molecule has 0 aliphatic rings. The molecular formula is C16H16N2O6S. The number of carbonyl (C=O) groups excluding carboxylic acids is 1. The number of rotatable bonds is 5. The van der Waals surface area contributed by atoms with Crippen molar-refractivity contribution < 1.29 is 22.9 Å². The fraction of sp³-hybridized carbons (Fsp3) is 0.188. The van der Waals surface area contributed by atoms with Crippen LogP contribution in [-0.4, -0.2) is 44.5 Å². The van der Waals surface area contributed by atoms with Crippen molar-refractivity contribution in [1.82, 2.24) is 4.90 Å². The van der Waals surface area contributed by atoms with Crippen LogP contribution in [0.1, 0.15) is 10.4 Å². The number of ether oxygens (including phenoxy) is 1. The molecule has 2 aromatic carbocycles. The lowest BCUT2D eigenvalue weighted by atomic mass is 10.2. The molecule has 1 amide bonds. The first-order valence-corrected chi connectivity index (χ1v) is 8.97. The maximum Gasteiger partial charge on any atom is 0.312 e. The summed E-state index contributed by atoms with van der Waals surface area (Å²) in [5.41, 5.74) is -0.0179. The van der Waals surface area contributed by atoms with E-state index in [-0.39, 0.29) is 22.3 Å². The second-order valence-electron chi connectivity index (χ2n) is 5.48. The van der Waals surface area contributed by atoms with Gasteiger partial charge in [-0.3, -0.25) is 14.9 Å². The zero-order valence-corrected chi connectivity index (χ0v) is 14.6. The molecule has 132 valence electrons. The van der Waals surface area contributed by atoms with Crippen LogP contribution >= 0.6 is 0 Å². The highest BCUT2D eigenvalue weighted by molar-refractivity contribution is 7.90. The third-order valence-electron chi connectivity index (χ3n) is 3.29. The number of hydrogen-bond donors (Lipinski definition) is 0. The molecule has 0 aliphatic carbocycles.